The van der Waals surface area contributed by atoms with Gasteiger partial charge in [0.1, 0.15) is 24.7 Å². The maximum absolute atomic E-state index is 13.8. The summed E-state index contributed by atoms with van der Waals surface area (Å²) >= 11 is 0. The molecule has 4 rings (SSSR count). The van der Waals surface area contributed by atoms with Crippen molar-refractivity contribution in [2.75, 3.05) is 26.9 Å². The van der Waals surface area contributed by atoms with Crippen LogP contribution in [0.5, 0.6) is 17.4 Å². The number of nitrogens with one attached hydrogen (secondary N) is 1. The number of carbonyl (C=O) groups is 1. The van der Waals surface area contributed by atoms with Gasteiger partial charge in [0.25, 0.3) is 10.0 Å². The molecule has 0 fully saturated rings. The number of aromatic nitrogens is 2. The van der Waals surface area contributed by atoms with Gasteiger partial charge in [-0.2, -0.15) is 0 Å². The lowest BCUT2D eigenvalue weighted by Gasteiger charge is -2.11. The monoisotopic (exact) mass is 555 g/mol. The molecule has 0 atom stereocenters. The number of ether oxygens (including phenoxy) is 3. The Kier molecular flexibility index (Phi) is 8.39. The fourth-order valence-corrected chi connectivity index (χ4v) is 5.86. The maximum atomic E-state index is 13.8. The normalized spacial score (nSPS) is 11.4. The molecular formula is C28H30FN3O6S. The third-order valence-electron chi connectivity index (χ3n) is 6.16. The smallest absolute Gasteiger partial charge is 0.268 e. The highest BCUT2D eigenvalue weighted by atomic mass is 32.2. The molecule has 1 N–H and O–H groups in total. The first-order valence-corrected chi connectivity index (χ1v) is 13.7. The fourth-order valence-electron chi connectivity index (χ4n) is 4.28. The number of nitrogens with zero attached hydrogens (tertiary/aromatic N) is 2. The average Bonchev–Trinajstić information content (AvgIpc) is 3.18. The molecule has 0 aliphatic heterocycles. The molecule has 1 amide bonds. The maximum Gasteiger partial charge on any atom is 0.268 e. The van der Waals surface area contributed by atoms with Gasteiger partial charge in [0.05, 0.1) is 23.7 Å². The van der Waals surface area contributed by atoms with Crippen molar-refractivity contribution in [3.05, 3.63) is 77.4 Å². The second-order valence-corrected chi connectivity index (χ2v) is 10.7. The summed E-state index contributed by atoms with van der Waals surface area (Å²) in [5.41, 5.74) is 2.81. The molecule has 2 aromatic heterocycles. The van der Waals surface area contributed by atoms with Crippen molar-refractivity contribution in [3.8, 4) is 17.4 Å². The second-order valence-electron chi connectivity index (χ2n) is 8.92. The van der Waals surface area contributed by atoms with Crippen molar-refractivity contribution in [1.29, 1.82) is 0 Å². The van der Waals surface area contributed by atoms with Crippen molar-refractivity contribution >= 4 is 26.8 Å². The Morgan fingerprint density at radius 1 is 1.03 bits per heavy atom. The van der Waals surface area contributed by atoms with Crippen LogP contribution in [-0.2, 0) is 21.2 Å². The Morgan fingerprint density at radius 3 is 2.36 bits per heavy atom. The molecule has 206 valence electrons. The first kappa shape index (κ1) is 27.9. The lowest BCUT2D eigenvalue weighted by molar-refractivity contribution is -0.118. The van der Waals surface area contributed by atoms with Gasteiger partial charge in [-0.3, -0.25) is 4.79 Å². The summed E-state index contributed by atoms with van der Waals surface area (Å²) in [6, 6.07) is 13.1. The standard InChI is InChI=1S/C28H30FN3O6S/c1-18-5-8-23(9-6-18)39(34,35)32-19(2)24(11-12-30-20(3)33)25-15-21(7-10-27(25)32)37-13-14-38-22-16-26(29)28(36-4)31-17-22/h5-10,15-17H,11-14H2,1-4H3,(H,30,33). The number of benzene rings is 2. The number of aryl methyl sites for hydroxylation is 1. The van der Waals surface area contributed by atoms with Crippen LogP contribution < -0.4 is 19.5 Å². The number of carbonyl (C=O) groups excluding carboxylic acids is 1. The number of hydrogen-bond acceptors (Lipinski definition) is 7. The van der Waals surface area contributed by atoms with Crippen LogP contribution in [0.15, 0.2) is 59.6 Å². The van der Waals surface area contributed by atoms with Crippen molar-refractivity contribution in [2.45, 2.75) is 32.1 Å². The average molecular weight is 556 g/mol. The number of amides is 1. The number of halogens is 1. The Hall–Kier alpha value is -4.12. The largest absolute Gasteiger partial charge is 0.490 e. The summed E-state index contributed by atoms with van der Waals surface area (Å²) in [5, 5.41) is 3.47. The van der Waals surface area contributed by atoms with Gasteiger partial charge in [-0.1, -0.05) is 17.7 Å². The van der Waals surface area contributed by atoms with Gasteiger partial charge in [-0.15, -0.1) is 0 Å². The van der Waals surface area contributed by atoms with Gasteiger partial charge in [-0.05, 0) is 56.2 Å². The Bertz CT molecular complexity index is 1600. The van der Waals surface area contributed by atoms with E-state index in [0.717, 1.165) is 11.1 Å². The van der Waals surface area contributed by atoms with E-state index in [1.807, 2.05) is 6.92 Å². The minimum Gasteiger partial charge on any atom is -0.490 e. The van der Waals surface area contributed by atoms with Gasteiger partial charge in [0.2, 0.25) is 11.8 Å². The molecule has 9 nitrogen and oxygen atoms in total. The summed E-state index contributed by atoms with van der Waals surface area (Å²) in [6.07, 6.45) is 1.79. The van der Waals surface area contributed by atoms with Crippen molar-refractivity contribution in [2.24, 2.45) is 0 Å². The summed E-state index contributed by atoms with van der Waals surface area (Å²) in [6.45, 7) is 5.72. The van der Waals surface area contributed by atoms with E-state index in [-0.39, 0.29) is 35.6 Å². The number of hydrogen-bond donors (Lipinski definition) is 1. The highest BCUT2D eigenvalue weighted by molar-refractivity contribution is 7.90. The van der Waals surface area contributed by atoms with Gasteiger partial charge in [0, 0.05) is 30.6 Å². The molecule has 0 saturated heterocycles. The zero-order valence-corrected chi connectivity index (χ0v) is 23.0. The summed E-state index contributed by atoms with van der Waals surface area (Å²) in [7, 11) is -2.55. The van der Waals surface area contributed by atoms with Crippen LogP contribution in [0.4, 0.5) is 4.39 Å². The van der Waals surface area contributed by atoms with E-state index in [0.29, 0.717) is 35.3 Å². The number of fused-ring (bicyclic) bond motifs is 1. The molecule has 11 heteroatoms. The Morgan fingerprint density at radius 2 is 1.72 bits per heavy atom. The topological polar surface area (TPSA) is 109 Å². The van der Waals surface area contributed by atoms with E-state index in [4.69, 9.17) is 14.2 Å². The van der Waals surface area contributed by atoms with Gasteiger partial charge in [-0.25, -0.2) is 21.8 Å². The van der Waals surface area contributed by atoms with E-state index in [1.54, 1.807) is 49.4 Å². The number of methoxy groups -OCH3 is 1. The third-order valence-corrected chi connectivity index (χ3v) is 7.98. The van der Waals surface area contributed by atoms with Crippen LogP contribution in [0, 0.1) is 19.7 Å². The van der Waals surface area contributed by atoms with Crippen molar-refractivity contribution < 1.29 is 31.8 Å². The minimum atomic E-state index is -3.88. The molecular weight excluding hydrogens is 525 g/mol. The molecule has 39 heavy (non-hydrogen) atoms. The third kappa shape index (κ3) is 6.14. The predicted octanol–water partition coefficient (Wildman–Crippen LogP) is 4.17. The first-order chi connectivity index (χ1) is 18.6. The lowest BCUT2D eigenvalue weighted by Crippen LogP contribution is -2.22. The molecule has 0 spiro atoms. The zero-order valence-electron chi connectivity index (χ0n) is 22.2. The molecule has 4 aromatic rings. The van der Waals surface area contributed by atoms with E-state index in [9.17, 15) is 17.6 Å². The van der Waals surface area contributed by atoms with E-state index < -0.39 is 15.8 Å². The highest BCUT2D eigenvalue weighted by Crippen LogP contribution is 2.33. The second kappa shape index (κ2) is 11.7. The fraction of sp³-hybridized carbons (Fsp3) is 0.286. The quantitative estimate of drug-likeness (QED) is 0.277. The molecule has 0 aliphatic carbocycles. The minimum absolute atomic E-state index is 0.118. The predicted molar refractivity (Wildman–Crippen MR) is 145 cm³/mol. The van der Waals surface area contributed by atoms with E-state index >= 15 is 0 Å². The first-order valence-electron chi connectivity index (χ1n) is 12.3. The molecule has 2 heterocycles. The molecule has 0 unspecified atom stereocenters. The van der Waals surface area contributed by atoms with E-state index in [2.05, 4.69) is 10.3 Å². The lowest BCUT2D eigenvalue weighted by atomic mass is 10.1. The molecule has 0 radical (unpaired) electrons. The number of pyridine rings is 1. The van der Waals surface area contributed by atoms with Crippen LogP contribution in [0.2, 0.25) is 0 Å². The number of rotatable bonds is 11. The van der Waals surface area contributed by atoms with Crippen LogP contribution in [-0.4, -0.2) is 50.1 Å². The van der Waals surface area contributed by atoms with Crippen molar-refractivity contribution in [1.82, 2.24) is 14.3 Å². The van der Waals surface area contributed by atoms with Crippen LogP contribution >= 0.6 is 0 Å². The summed E-state index contributed by atoms with van der Waals surface area (Å²) in [5.74, 6) is -0.168. The SMILES string of the molecule is COc1ncc(OCCOc2ccc3c(c2)c(CCNC(C)=O)c(C)n3S(=O)(=O)c2ccc(C)cc2)cc1F. The van der Waals surface area contributed by atoms with Gasteiger partial charge in [0.15, 0.2) is 5.82 Å². The van der Waals surface area contributed by atoms with Crippen LogP contribution in [0.3, 0.4) is 0 Å². The highest BCUT2D eigenvalue weighted by Gasteiger charge is 2.25. The van der Waals surface area contributed by atoms with Crippen LogP contribution in [0.25, 0.3) is 10.9 Å². The molecule has 0 aliphatic rings. The Labute approximate surface area is 226 Å². The zero-order chi connectivity index (χ0) is 28.2. The van der Waals surface area contributed by atoms with Crippen LogP contribution in [0.1, 0.15) is 23.7 Å². The Balaban J connectivity index is 1.60. The van der Waals surface area contributed by atoms with Crippen molar-refractivity contribution in [3.63, 3.8) is 0 Å². The molecule has 0 bridgehead atoms. The summed E-state index contributed by atoms with van der Waals surface area (Å²) < 4.78 is 58.7. The molecule has 0 saturated carbocycles. The van der Waals surface area contributed by atoms with Gasteiger partial charge >= 0.3 is 0 Å². The van der Waals surface area contributed by atoms with E-state index in [1.165, 1.54) is 30.3 Å². The molecule has 2 aromatic carbocycles. The summed E-state index contributed by atoms with van der Waals surface area (Å²) in [4.78, 5) is 15.5. The van der Waals surface area contributed by atoms with Gasteiger partial charge < -0.3 is 19.5 Å².